The van der Waals surface area contributed by atoms with Crippen LogP contribution in [0.3, 0.4) is 0 Å². The van der Waals surface area contributed by atoms with Gasteiger partial charge in [0.15, 0.2) is 0 Å². The second-order valence-corrected chi connectivity index (χ2v) is 11.4. The summed E-state index contributed by atoms with van der Waals surface area (Å²) in [6, 6.07) is 30.0. The zero-order valence-electron chi connectivity index (χ0n) is 21.5. The van der Waals surface area contributed by atoms with Crippen molar-refractivity contribution in [2.45, 2.75) is 49.6 Å². The van der Waals surface area contributed by atoms with E-state index in [0.717, 1.165) is 5.75 Å². The second-order valence-electron chi connectivity index (χ2n) is 11.4. The summed E-state index contributed by atoms with van der Waals surface area (Å²) >= 11 is 0. The van der Waals surface area contributed by atoms with Gasteiger partial charge < -0.3 is 9.64 Å². The molecule has 184 valence electrons. The summed E-state index contributed by atoms with van der Waals surface area (Å²) in [7, 11) is 4.14. The van der Waals surface area contributed by atoms with E-state index in [1.165, 1.54) is 73.1 Å². The van der Waals surface area contributed by atoms with E-state index in [4.69, 9.17) is 4.74 Å². The topological polar surface area (TPSA) is 15.7 Å². The van der Waals surface area contributed by atoms with Crippen LogP contribution in [0.25, 0.3) is 5.57 Å². The van der Waals surface area contributed by atoms with E-state index in [9.17, 15) is 0 Å². The minimum Gasteiger partial charge on any atom is -0.495 e. The summed E-state index contributed by atoms with van der Waals surface area (Å²) in [6.45, 7) is 2.43. The van der Waals surface area contributed by atoms with Crippen LogP contribution < -0.4 is 9.64 Å². The van der Waals surface area contributed by atoms with Crippen LogP contribution >= 0.6 is 0 Å². The normalized spacial score (nSPS) is 30.3. The first-order chi connectivity index (χ1) is 17.7. The van der Waals surface area contributed by atoms with Gasteiger partial charge in [0.05, 0.1) is 12.8 Å². The highest BCUT2D eigenvalue weighted by Crippen LogP contribution is 2.66. The molecule has 0 aromatic heterocycles. The quantitative estimate of drug-likeness (QED) is 0.426. The Morgan fingerprint density at radius 3 is 2.28 bits per heavy atom. The lowest BCUT2D eigenvalue weighted by molar-refractivity contribution is 0.00167. The van der Waals surface area contributed by atoms with Gasteiger partial charge in [0.1, 0.15) is 5.75 Å². The molecule has 3 heteroatoms. The van der Waals surface area contributed by atoms with Gasteiger partial charge >= 0.3 is 0 Å². The molecule has 7 rings (SSSR count). The summed E-state index contributed by atoms with van der Waals surface area (Å²) in [5, 5.41) is 0. The van der Waals surface area contributed by atoms with Crippen LogP contribution in [0.15, 0.2) is 84.9 Å². The minimum atomic E-state index is 0.159. The molecule has 0 N–H and O–H groups in total. The van der Waals surface area contributed by atoms with Crippen LogP contribution in [0, 0.1) is 5.41 Å². The van der Waals surface area contributed by atoms with Gasteiger partial charge in [-0.25, -0.2) is 0 Å². The van der Waals surface area contributed by atoms with Crippen molar-refractivity contribution < 1.29 is 4.74 Å². The molecule has 0 bridgehead atoms. The molecule has 0 radical (unpaired) electrons. The van der Waals surface area contributed by atoms with Crippen molar-refractivity contribution in [1.82, 2.24) is 4.90 Å². The van der Waals surface area contributed by atoms with Crippen LogP contribution in [0.1, 0.15) is 48.8 Å². The molecule has 3 fully saturated rings. The Morgan fingerprint density at radius 2 is 1.58 bits per heavy atom. The van der Waals surface area contributed by atoms with Crippen LogP contribution in [0.2, 0.25) is 0 Å². The summed E-state index contributed by atoms with van der Waals surface area (Å²) in [4.78, 5) is 5.44. The Hall–Kier alpha value is -3.04. The van der Waals surface area contributed by atoms with Crippen molar-refractivity contribution in [2.24, 2.45) is 5.41 Å². The van der Waals surface area contributed by atoms with E-state index < -0.39 is 0 Å². The van der Waals surface area contributed by atoms with Gasteiger partial charge in [-0.3, -0.25) is 4.90 Å². The minimum absolute atomic E-state index is 0.159. The van der Waals surface area contributed by atoms with E-state index in [0.29, 0.717) is 12.1 Å². The Morgan fingerprint density at radius 1 is 0.861 bits per heavy atom. The van der Waals surface area contributed by atoms with Gasteiger partial charge in [-0.1, -0.05) is 78.9 Å². The molecule has 0 amide bonds. The Labute approximate surface area is 215 Å². The number of para-hydroxylation sites is 1. The zero-order valence-corrected chi connectivity index (χ0v) is 21.5. The molecule has 3 aromatic carbocycles. The maximum absolute atomic E-state index is 5.91. The number of hydrogen-bond donors (Lipinski definition) is 0. The van der Waals surface area contributed by atoms with E-state index >= 15 is 0 Å². The van der Waals surface area contributed by atoms with Gasteiger partial charge in [-0.2, -0.15) is 0 Å². The van der Waals surface area contributed by atoms with Crippen LogP contribution in [0.4, 0.5) is 5.69 Å². The molecule has 3 nitrogen and oxygen atoms in total. The second kappa shape index (κ2) is 8.24. The number of anilines is 1. The lowest BCUT2D eigenvalue weighted by Crippen LogP contribution is -2.64. The summed E-state index contributed by atoms with van der Waals surface area (Å²) < 4.78 is 5.91. The van der Waals surface area contributed by atoms with E-state index in [1.807, 2.05) is 7.11 Å². The zero-order chi connectivity index (χ0) is 24.3. The molecule has 2 saturated heterocycles. The molecular weight excluding hydrogens is 440 g/mol. The van der Waals surface area contributed by atoms with E-state index in [-0.39, 0.29) is 10.8 Å². The Kier molecular flexibility index (Phi) is 5.08. The molecular formula is C33H36N2O. The van der Waals surface area contributed by atoms with E-state index in [1.54, 1.807) is 0 Å². The van der Waals surface area contributed by atoms with Crippen molar-refractivity contribution in [2.75, 3.05) is 32.1 Å². The molecule has 1 spiro atoms. The summed E-state index contributed by atoms with van der Waals surface area (Å²) in [5.74, 6) is 1.03. The number of fused-ring (bicyclic) bond motifs is 1. The number of methoxy groups -OCH3 is 1. The highest BCUT2D eigenvalue weighted by molar-refractivity contribution is 5.81. The smallest absolute Gasteiger partial charge is 0.142 e. The summed E-state index contributed by atoms with van der Waals surface area (Å²) in [5.41, 5.74) is 7.25. The third kappa shape index (κ3) is 2.96. The van der Waals surface area contributed by atoms with E-state index in [2.05, 4.69) is 102 Å². The van der Waals surface area contributed by atoms with Crippen molar-refractivity contribution in [3.05, 3.63) is 102 Å². The maximum Gasteiger partial charge on any atom is 0.142 e. The van der Waals surface area contributed by atoms with Crippen LogP contribution in [-0.4, -0.2) is 44.2 Å². The third-order valence-electron chi connectivity index (χ3n) is 9.92. The monoisotopic (exact) mass is 476 g/mol. The molecule has 36 heavy (non-hydrogen) atoms. The first-order valence-electron chi connectivity index (χ1n) is 13.7. The number of benzene rings is 3. The third-order valence-corrected chi connectivity index (χ3v) is 9.92. The Balaban J connectivity index is 1.44. The standard InChI is InChI=1S/C33H36N2O/c1-34-29-17-19-32(23-26(24-11-5-3-6-12-24)25-13-7-4-8-14-25)18-10-21-35-22-20-33(29,31(32)35)27-15-9-16-28(36-2)30(27)34/h3-9,11-16,23,29,31H,10,17-22H2,1-2H3/t29-,31-,32-,33-/m1/s1. The van der Waals surface area contributed by atoms with Gasteiger partial charge in [0, 0.05) is 30.0 Å². The van der Waals surface area contributed by atoms with Gasteiger partial charge in [0.2, 0.25) is 0 Å². The molecule has 4 aliphatic rings. The average molecular weight is 477 g/mol. The molecule has 3 heterocycles. The predicted octanol–water partition coefficient (Wildman–Crippen LogP) is 6.53. The first-order valence-corrected chi connectivity index (χ1v) is 13.7. The van der Waals surface area contributed by atoms with Crippen LogP contribution in [0.5, 0.6) is 5.75 Å². The number of nitrogens with zero attached hydrogens (tertiary/aromatic N) is 2. The fourth-order valence-electron chi connectivity index (χ4n) is 8.72. The SMILES string of the molecule is COc1cccc2c1N(C)[C@@H]1CC[C@@]3(C=C(c4ccccc4)c4ccccc4)CCCN4CC[C@@]21[C@H]43. The average Bonchev–Trinajstić information content (AvgIpc) is 3.45. The number of piperidine rings is 1. The molecule has 3 aromatic rings. The van der Waals surface area contributed by atoms with Crippen molar-refractivity contribution in [3.63, 3.8) is 0 Å². The van der Waals surface area contributed by atoms with Gasteiger partial charge in [0.25, 0.3) is 0 Å². The number of ether oxygens (including phenoxy) is 1. The van der Waals surface area contributed by atoms with Crippen molar-refractivity contribution in [3.8, 4) is 5.75 Å². The molecule has 1 aliphatic carbocycles. The Bertz CT molecular complexity index is 1260. The molecule has 3 aliphatic heterocycles. The fraction of sp³-hybridized carbons (Fsp3) is 0.394. The molecule has 1 saturated carbocycles. The molecule has 0 unspecified atom stereocenters. The fourth-order valence-corrected chi connectivity index (χ4v) is 8.72. The largest absolute Gasteiger partial charge is 0.495 e. The lowest BCUT2D eigenvalue weighted by Gasteiger charge is -2.58. The lowest BCUT2D eigenvalue weighted by atomic mass is 9.52. The predicted molar refractivity (Wildman–Crippen MR) is 148 cm³/mol. The maximum atomic E-state index is 5.91. The highest BCUT2D eigenvalue weighted by Gasteiger charge is 2.67. The number of hydrogen-bond acceptors (Lipinski definition) is 3. The van der Waals surface area contributed by atoms with Crippen molar-refractivity contribution >= 4 is 11.3 Å². The number of likely N-dealkylation sites (N-methyl/N-ethyl adjacent to an activating group) is 1. The van der Waals surface area contributed by atoms with Gasteiger partial charge in [-0.05, 0) is 73.5 Å². The summed E-state index contributed by atoms with van der Waals surface area (Å²) in [6.07, 6.45) is 9.00. The first kappa shape index (κ1) is 22.2. The molecule has 4 atom stereocenters. The highest BCUT2D eigenvalue weighted by atomic mass is 16.5. The van der Waals surface area contributed by atoms with Crippen LogP contribution in [-0.2, 0) is 5.41 Å². The van der Waals surface area contributed by atoms with Crippen molar-refractivity contribution in [1.29, 1.82) is 0 Å². The van der Waals surface area contributed by atoms with Gasteiger partial charge in [-0.15, -0.1) is 0 Å². The number of rotatable bonds is 4.